The normalized spacial score (nSPS) is 19.2. The van der Waals surface area contributed by atoms with Gasteiger partial charge in [-0.25, -0.2) is 0 Å². The molecule has 6 heteroatoms. The van der Waals surface area contributed by atoms with Crippen LogP contribution in [-0.2, 0) is 9.59 Å². The molecule has 0 spiro atoms. The Morgan fingerprint density at radius 1 is 1.15 bits per heavy atom. The Labute approximate surface area is 192 Å². The van der Waals surface area contributed by atoms with Crippen molar-refractivity contribution in [2.24, 2.45) is 0 Å². The van der Waals surface area contributed by atoms with Gasteiger partial charge in [-0.3, -0.25) is 14.5 Å². The number of hydrogen-bond donors (Lipinski definition) is 1. The molecule has 3 aromatic rings. The van der Waals surface area contributed by atoms with Crippen LogP contribution < -0.4 is 10.1 Å². The third-order valence-corrected chi connectivity index (χ3v) is 6.85. The molecule has 2 amide bonds. The maximum Gasteiger partial charge on any atom is 0.259 e. The number of carbonyl (C=O) groups excluding carboxylic acids is 2. The first-order valence-corrected chi connectivity index (χ1v) is 11.3. The molecule has 2 aromatic carbocycles. The standard InChI is InChI=1S/C27H25N3O3/c1-15(2)29-12-19-24(18-11-17-7-4-5-10-23(17)33-14-18)26-21(13-30(16(3)31)27(26)32)28-20-8-6-9-22(29)25(19)20/h4-12,15,24,28H,13-14H2,1-3H3/t24-/m0/s1. The highest BCUT2D eigenvalue weighted by Gasteiger charge is 2.42. The van der Waals surface area contributed by atoms with Crippen molar-refractivity contribution in [2.45, 2.75) is 32.7 Å². The van der Waals surface area contributed by atoms with Gasteiger partial charge in [-0.1, -0.05) is 24.3 Å². The minimum Gasteiger partial charge on any atom is -0.489 e. The van der Waals surface area contributed by atoms with Gasteiger partial charge in [0.1, 0.15) is 12.4 Å². The summed E-state index contributed by atoms with van der Waals surface area (Å²) >= 11 is 0. The van der Waals surface area contributed by atoms with E-state index in [9.17, 15) is 9.59 Å². The van der Waals surface area contributed by atoms with Crippen LogP contribution in [0.15, 0.2) is 65.5 Å². The van der Waals surface area contributed by atoms with Gasteiger partial charge in [0.25, 0.3) is 5.91 Å². The average Bonchev–Trinajstić information content (AvgIpc) is 3.29. The van der Waals surface area contributed by atoms with Crippen LogP contribution in [-0.4, -0.2) is 34.4 Å². The van der Waals surface area contributed by atoms with E-state index in [1.807, 2.05) is 36.4 Å². The van der Waals surface area contributed by atoms with Gasteiger partial charge >= 0.3 is 0 Å². The zero-order valence-corrected chi connectivity index (χ0v) is 18.9. The SMILES string of the molecule is CC(=O)N1CC2=C(C1=O)[C@@H](C1=Cc3ccccc3OC1)c1cn(C(C)C)c3cccc(c13)N2. The maximum absolute atomic E-state index is 13.6. The number of carbonyl (C=O) groups is 2. The Balaban J connectivity index is 1.63. The highest BCUT2D eigenvalue weighted by atomic mass is 16.5. The number of amides is 2. The second kappa shape index (κ2) is 7.10. The van der Waals surface area contributed by atoms with Crippen molar-refractivity contribution < 1.29 is 14.3 Å². The minimum atomic E-state index is -0.302. The second-order valence-corrected chi connectivity index (χ2v) is 9.19. The number of para-hydroxylation sites is 1. The number of anilines is 1. The molecule has 6 nitrogen and oxygen atoms in total. The van der Waals surface area contributed by atoms with E-state index in [0.717, 1.165) is 44.7 Å². The molecule has 3 aliphatic heterocycles. The van der Waals surface area contributed by atoms with Crippen molar-refractivity contribution >= 4 is 34.5 Å². The molecular formula is C27H25N3O3. The van der Waals surface area contributed by atoms with Crippen molar-refractivity contribution in [2.75, 3.05) is 18.5 Å². The highest BCUT2D eigenvalue weighted by Crippen LogP contribution is 2.48. The summed E-state index contributed by atoms with van der Waals surface area (Å²) in [6.07, 6.45) is 4.32. The number of rotatable bonds is 2. The monoisotopic (exact) mass is 439 g/mol. The molecule has 0 radical (unpaired) electrons. The number of benzene rings is 2. The topological polar surface area (TPSA) is 63.6 Å². The van der Waals surface area contributed by atoms with E-state index in [4.69, 9.17) is 4.74 Å². The van der Waals surface area contributed by atoms with Gasteiger partial charge in [0.2, 0.25) is 5.91 Å². The largest absolute Gasteiger partial charge is 0.489 e. The van der Waals surface area contributed by atoms with Crippen LogP contribution in [0.4, 0.5) is 5.69 Å². The highest BCUT2D eigenvalue weighted by molar-refractivity contribution is 6.11. The van der Waals surface area contributed by atoms with E-state index in [0.29, 0.717) is 12.2 Å². The molecule has 1 atom stereocenters. The Kier molecular flexibility index (Phi) is 4.27. The number of nitrogens with zero attached hydrogens (tertiary/aromatic N) is 2. The maximum atomic E-state index is 13.6. The first kappa shape index (κ1) is 19.9. The van der Waals surface area contributed by atoms with Crippen molar-refractivity contribution in [3.63, 3.8) is 0 Å². The summed E-state index contributed by atoms with van der Waals surface area (Å²) in [6.45, 7) is 6.41. The molecule has 33 heavy (non-hydrogen) atoms. The molecule has 1 N–H and O–H groups in total. The third-order valence-electron chi connectivity index (χ3n) is 6.85. The first-order valence-electron chi connectivity index (χ1n) is 11.3. The van der Waals surface area contributed by atoms with E-state index < -0.39 is 0 Å². The number of imide groups is 1. The summed E-state index contributed by atoms with van der Waals surface area (Å²) in [4.78, 5) is 27.2. The van der Waals surface area contributed by atoms with Crippen molar-refractivity contribution in [3.8, 4) is 5.75 Å². The fourth-order valence-corrected chi connectivity index (χ4v) is 5.34. The lowest BCUT2D eigenvalue weighted by molar-refractivity contribution is -0.139. The molecule has 166 valence electrons. The minimum absolute atomic E-state index is 0.229. The fourth-order valence-electron chi connectivity index (χ4n) is 5.34. The van der Waals surface area contributed by atoms with Crippen LogP contribution >= 0.6 is 0 Å². The van der Waals surface area contributed by atoms with Gasteiger partial charge in [-0.15, -0.1) is 0 Å². The summed E-state index contributed by atoms with van der Waals surface area (Å²) in [7, 11) is 0. The van der Waals surface area contributed by atoms with Crippen LogP contribution in [0, 0.1) is 0 Å². The summed E-state index contributed by atoms with van der Waals surface area (Å²) in [5.41, 5.74) is 6.61. The predicted octanol–water partition coefficient (Wildman–Crippen LogP) is 4.85. The molecule has 0 fully saturated rings. The smallest absolute Gasteiger partial charge is 0.259 e. The molecule has 0 saturated heterocycles. The van der Waals surface area contributed by atoms with E-state index in [1.54, 1.807) is 0 Å². The zero-order chi connectivity index (χ0) is 22.9. The molecule has 0 aliphatic carbocycles. The van der Waals surface area contributed by atoms with Gasteiger partial charge < -0.3 is 14.6 Å². The lowest BCUT2D eigenvalue weighted by Gasteiger charge is -2.26. The van der Waals surface area contributed by atoms with E-state index in [2.05, 4.69) is 42.1 Å². The number of ether oxygens (including phenoxy) is 1. The van der Waals surface area contributed by atoms with Crippen molar-refractivity contribution in [1.29, 1.82) is 0 Å². The Morgan fingerprint density at radius 2 is 1.97 bits per heavy atom. The van der Waals surface area contributed by atoms with Crippen LogP contribution in [0.2, 0.25) is 0 Å². The van der Waals surface area contributed by atoms with Gasteiger partial charge in [0, 0.05) is 47.4 Å². The molecule has 0 bridgehead atoms. The van der Waals surface area contributed by atoms with Gasteiger partial charge in [-0.2, -0.15) is 0 Å². The summed E-state index contributed by atoms with van der Waals surface area (Å²) in [5.74, 6) is 0.0681. The number of fused-ring (bicyclic) bond motifs is 1. The first-order chi connectivity index (χ1) is 15.9. The summed E-state index contributed by atoms with van der Waals surface area (Å²) in [5, 5.41) is 4.64. The van der Waals surface area contributed by atoms with Crippen LogP contribution in [0.5, 0.6) is 5.75 Å². The van der Waals surface area contributed by atoms with E-state index in [1.165, 1.54) is 11.8 Å². The Bertz CT molecular complexity index is 1410. The van der Waals surface area contributed by atoms with Gasteiger partial charge in [-0.05, 0) is 49.3 Å². The number of nitrogens with one attached hydrogen (secondary N) is 1. The van der Waals surface area contributed by atoms with Crippen LogP contribution in [0.25, 0.3) is 17.0 Å². The molecule has 1 aromatic heterocycles. The van der Waals surface area contributed by atoms with E-state index >= 15 is 0 Å². The Morgan fingerprint density at radius 3 is 2.76 bits per heavy atom. The molecule has 0 saturated carbocycles. The van der Waals surface area contributed by atoms with Gasteiger partial charge in [0.05, 0.1) is 17.6 Å². The number of hydrogen-bond acceptors (Lipinski definition) is 4. The van der Waals surface area contributed by atoms with Crippen LogP contribution in [0.3, 0.4) is 0 Å². The molecular weight excluding hydrogens is 414 g/mol. The predicted molar refractivity (Wildman–Crippen MR) is 128 cm³/mol. The average molecular weight is 440 g/mol. The second-order valence-electron chi connectivity index (χ2n) is 9.19. The Hall–Kier alpha value is -3.80. The van der Waals surface area contributed by atoms with Crippen molar-refractivity contribution in [1.82, 2.24) is 9.47 Å². The van der Waals surface area contributed by atoms with E-state index in [-0.39, 0.29) is 30.3 Å². The van der Waals surface area contributed by atoms with Crippen LogP contribution in [0.1, 0.15) is 43.9 Å². The van der Waals surface area contributed by atoms with Gasteiger partial charge in [0.15, 0.2) is 0 Å². The van der Waals surface area contributed by atoms with Crippen molar-refractivity contribution in [3.05, 3.63) is 76.6 Å². The molecule has 0 unspecified atom stereocenters. The quantitative estimate of drug-likeness (QED) is 0.620. The summed E-state index contributed by atoms with van der Waals surface area (Å²) in [6, 6.07) is 14.4. The fraction of sp³-hybridized carbons (Fsp3) is 0.259. The zero-order valence-electron chi connectivity index (χ0n) is 18.9. The molecule has 6 rings (SSSR count). The number of aromatic nitrogens is 1. The third kappa shape index (κ3) is 2.86. The summed E-state index contributed by atoms with van der Waals surface area (Å²) < 4.78 is 8.37. The molecule has 4 heterocycles. The molecule has 3 aliphatic rings. The lowest BCUT2D eigenvalue weighted by atomic mass is 9.83. The lowest BCUT2D eigenvalue weighted by Crippen LogP contribution is -2.33.